The van der Waals surface area contributed by atoms with Gasteiger partial charge in [0.1, 0.15) is 16.4 Å². The van der Waals surface area contributed by atoms with Gasteiger partial charge >= 0.3 is 0 Å². The van der Waals surface area contributed by atoms with Gasteiger partial charge in [0, 0.05) is 11.4 Å². The maximum atomic E-state index is 12.9. The van der Waals surface area contributed by atoms with Gasteiger partial charge < -0.3 is 19.2 Å². The topological polar surface area (TPSA) is 91.6 Å². The molecule has 3 aromatic heterocycles. The fourth-order valence-electron chi connectivity index (χ4n) is 4.14. The molecule has 0 radical (unpaired) electrons. The second-order valence-electron chi connectivity index (χ2n) is 8.83. The zero-order valence-electron chi connectivity index (χ0n) is 18.4. The van der Waals surface area contributed by atoms with Gasteiger partial charge in [0.05, 0.1) is 43.6 Å². The molecule has 0 saturated carbocycles. The molecule has 3 aromatic rings. The van der Waals surface area contributed by atoms with E-state index in [9.17, 15) is 9.90 Å². The van der Waals surface area contributed by atoms with Crippen molar-refractivity contribution < 1.29 is 14.3 Å². The van der Waals surface area contributed by atoms with Crippen LogP contribution in [0.15, 0.2) is 27.6 Å². The summed E-state index contributed by atoms with van der Waals surface area (Å²) in [5, 5.41) is 11.2. The number of H-pyrrole nitrogens is 1. The Hall–Kier alpha value is -2.00. The normalized spacial score (nSPS) is 17.5. The number of aromatic nitrogens is 2. The SMILES string of the molecule is CC(C)OC[C@H](O)CN(Cc1nc2sc3c(c2c(=O)[nH]1)CC[C@@H](C)C3)Cc1ccco1. The second kappa shape index (κ2) is 9.65. The average Bonchev–Trinajstić information content (AvgIpc) is 3.33. The maximum absolute atomic E-state index is 12.9. The van der Waals surface area contributed by atoms with Gasteiger partial charge in [0.25, 0.3) is 5.56 Å². The predicted octanol–water partition coefficient (Wildman–Crippen LogP) is 3.49. The number of nitrogens with zero attached hydrogens (tertiary/aromatic N) is 2. The minimum absolute atomic E-state index is 0.0567. The lowest BCUT2D eigenvalue weighted by molar-refractivity contribution is -0.0117. The van der Waals surface area contributed by atoms with E-state index >= 15 is 0 Å². The zero-order chi connectivity index (χ0) is 22.0. The number of ether oxygens (including phenoxy) is 1. The summed E-state index contributed by atoms with van der Waals surface area (Å²) >= 11 is 1.65. The molecule has 1 aliphatic rings. The van der Waals surface area contributed by atoms with Gasteiger partial charge in [-0.1, -0.05) is 6.92 Å². The number of rotatable bonds is 9. The van der Waals surface area contributed by atoms with Gasteiger partial charge in [-0.25, -0.2) is 4.98 Å². The van der Waals surface area contributed by atoms with Crippen molar-refractivity contribution in [3.8, 4) is 0 Å². The van der Waals surface area contributed by atoms with Gasteiger partial charge in [0.15, 0.2) is 0 Å². The summed E-state index contributed by atoms with van der Waals surface area (Å²) in [5.74, 6) is 2.05. The number of furan rings is 1. The molecule has 1 aliphatic carbocycles. The molecule has 7 nitrogen and oxygen atoms in total. The van der Waals surface area contributed by atoms with Crippen LogP contribution in [0.2, 0.25) is 0 Å². The summed E-state index contributed by atoms with van der Waals surface area (Å²) in [6, 6.07) is 3.74. The van der Waals surface area contributed by atoms with E-state index in [-0.39, 0.29) is 18.3 Å². The molecule has 0 saturated heterocycles. The highest BCUT2D eigenvalue weighted by Crippen LogP contribution is 2.35. The van der Waals surface area contributed by atoms with Gasteiger partial charge in [-0.2, -0.15) is 0 Å². The van der Waals surface area contributed by atoms with Gasteiger partial charge in [-0.3, -0.25) is 9.69 Å². The molecule has 0 aromatic carbocycles. The van der Waals surface area contributed by atoms with E-state index in [0.29, 0.717) is 31.4 Å². The summed E-state index contributed by atoms with van der Waals surface area (Å²) in [5.41, 5.74) is 1.13. The van der Waals surface area contributed by atoms with Crippen LogP contribution in [0.5, 0.6) is 0 Å². The second-order valence-corrected chi connectivity index (χ2v) is 9.91. The highest BCUT2D eigenvalue weighted by atomic mass is 32.1. The molecule has 168 valence electrons. The quantitative estimate of drug-likeness (QED) is 0.524. The fraction of sp³-hybridized carbons (Fsp3) is 0.565. The molecule has 2 atom stereocenters. The number of aryl methyl sites for hydroxylation is 1. The lowest BCUT2D eigenvalue weighted by Crippen LogP contribution is -2.35. The van der Waals surface area contributed by atoms with E-state index in [2.05, 4.69) is 11.9 Å². The average molecular weight is 446 g/mol. The molecule has 0 spiro atoms. The molecule has 2 N–H and O–H groups in total. The van der Waals surface area contributed by atoms with Gasteiger partial charge in [-0.15, -0.1) is 11.3 Å². The molecule has 0 unspecified atom stereocenters. The number of hydrogen-bond acceptors (Lipinski definition) is 7. The van der Waals surface area contributed by atoms with Crippen molar-refractivity contribution in [2.45, 2.75) is 65.3 Å². The minimum Gasteiger partial charge on any atom is -0.468 e. The zero-order valence-corrected chi connectivity index (χ0v) is 19.2. The van der Waals surface area contributed by atoms with Crippen molar-refractivity contribution in [1.29, 1.82) is 0 Å². The van der Waals surface area contributed by atoms with Crippen LogP contribution in [0.25, 0.3) is 10.2 Å². The van der Waals surface area contributed by atoms with E-state index in [4.69, 9.17) is 14.1 Å². The molecule has 0 fully saturated rings. The third kappa shape index (κ3) is 5.44. The molecular weight excluding hydrogens is 414 g/mol. The van der Waals surface area contributed by atoms with Crippen molar-refractivity contribution in [2.24, 2.45) is 5.92 Å². The lowest BCUT2D eigenvalue weighted by Gasteiger charge is -2.24. The molecule has 31 heavy (non-hydrogen) atoms. The first kappa shape index (κ1) is 22.2. The van der Waals surface area contributed by atoms with Gasteiger partial charge in [0.2, 0.25) is 0 Å². The Morgan fingerprint density at radius 1 is 1.42 bits per heavy atom. The van der Waals surface area contributed by atoms with Crippen LogP contribution in [-0.4, -0.2) is 45.3 Å². The van der Waals surface area contributed by atoms with Crippen molar-refractivity contribution in [2.75, 3.05) is 13.2 Å². The monoisotopic (exact) mass is 445 g/mol. The first-order valence-corrected chi connectivity index (χ1v) is 11.8. The fourth-order valence-corrected chi connectivity index (χ4v) is 5.54. The largest absolute Gasteiger partial charge is 0.468 e. The first-order chi connectivity index (χ1) is 14.9. The van der Waals surface area contributed by atoms with Crippen molar-refractivity contribution in [1.82, 2.24) is 14.9 Å². The van der Waals surface area contributed by atoms with Gasteiger partial charge in [-0.05, 0) is 56.7 Å². The number of aromatic amines is 1. The summed E-state index contributed by atoms with van der Waals surface area (Å²) in [7, 11) is 0. The Kier molecular flexibility index (Phi) is 6.91. The van der Waals surface area contributed by atoms with Crippen LogP contribution in [0.1, 0.15) is 49.2 Å². The number of thiophene rings is 1. The lowest BCUT2D eigenvalue weighted by atomic mass is 9.89. The molecule has 0 aliphatic heterocycles. The molecule has 0 bridgehead atoms. The van der Waals surface area contributed by atoms with Crippen LogP contribution >= 0.6 is 11.3 Å². The molecule has 4 rings (SSSR count). The number of hydrogen-bond donors (Lipinski definition) is 2. The van der Waals surface area contributed by atoms with Crippen molar-refractivity contribution in [3.05, 3.63) is 50.8 Å². The van der Waals surface area contributed by atoms with E-state index < -0.39 is 6.10 Å². The third-order valence-electron chi connectivity index (χ3n) is 5.64. The predicted molar refractivity (Wildman–Crippen MR) is 121 cm³/mol. The Morgan fingerprint density at radius 2 is 2.26 bits per heavy atom. The van der Waals surface area contributed by atoms with Crippen LogP contribution in [-0.2, 0) is 30.7 Å². The third-order valence-corrected chi connectivity index (χ3v) is 6.79. The van der Waals surface area contributed by atoms with Crippen molar-refractivity contribution >= 4 is 21.6 Å². The summed E-state index contributed by atoms with van der Waals surface area (Å²) < 4.78 is 11.0. The van der Waals surface area contributed by atoms with Crippen LogP contribution in [0, 0.1) is 5.92 Å². The summed E-state index contributed by atoms with van der Waals surface area (Å²) in [6.45, 7) is 7.70. The maximum Gasteiger partial charge on any atom is 0.259 e. The Labute approximate surface area is 186 Å². The molecule has 3 heterocycles. The summed E-state index contributed by atoms with van der Waals surface area (Å²) in [6.07, 6.45) is 4.14. The summed E-state index contributed by atoms with van der Waals surface area (Å²) in [4.78, 5) is 24.8. The van der Waals surface area contributed by atoms with E-state index in [1.54, 1.807) is 17.6 Å². The van der Waals surface area contributed by atoms with Crippen LogP contribution in [0.3, 0.4) is 0 Å². The number of aliphatic hydroxyl groups is 1. The van der Waals surface area contributed by atoms with Crippen molar-refractivity contribution in [3.63, 3.8) is 0 Å². The Morgan fingerprint density at radius 3 is 3.00 bits per heavy atom. The van der Waals surface area contributed by atoms with Crippen LogP contribution in [0.4, 0.5) is 0 Å². The van der Waals surface area contributed by atoms with E-state index in [0.717, 1.165) is 35.2 Å². The van der Waals surface area contributed by atoms with Crippen LogP contribution < -0.4 is 5.56 Å². The number of aliphatic hydroxyl groups excluding tert-OH is 1. The molecule has 8 heteroatoms. The Balaban J connectivity index is 1.56. The minimum atomic E-state index is -0.650. The highest BCUT2D eigenvalue weighted by Gasteiger charge is 2.24. The molecule has 0 amide bonds. The van der Waals surface area contributed by atoms with E-state index in [1.165, 1.54) is 10.4 Å². The number of nitrogens with one attached hydrogen (secondary N) is 1. The van der Waals surface area contributed by atoms with E-state index in [1.807, 2.05) is 30.9 Å². The Bertz CT molecular complexity index is 1060. The standard InChI is InChI=1S/C23H31N3O4S/c1-14(2)30-13-16(27)10-26(11-17-5-4-8-29-17)12-20-24-22(28)21-18-7-6-15(3)9-19(18)31-23(21)25-20/h4-5,8,14-16,27H,6-7,9-13H2,1-3H3,(H,24,25,28)/t15-,16-/m1/s1. The first-order valence-electron chi connectivity index (χ1n) is 11.0. The smallest absolute Gasteiger partial charge is 0.259 e. The number of fused-ring (bicyclic) bond motifs is 3. The molecular formula is C23H31N3O4S. The highest BCUT2D eigenvalue weighted by molar-refractivity contribution is 7.18.